The van der Waals surface area contributed by atoms with Crippen molar-refractivity contribution in [1.29, 1.82) is 0 Å². The van der Waals surface area contributed by atoms with Gasteiger partial charge in [-0.05, 0) is 18.6 Å². The second kappa shape index (κ2) is 7.17. The van der Waals surface area contributed by atoms with Crippen LogP contribution in [-0.2, 0) is 4.74 Å². The first-order valence-electron chi connectivity index (χ1n) is 5.26. The molecular formula is C11H17FN2O. The number of aromatic nitrogens is 1. The Kier molecular flexibility index (Phi) is 5.70. The molecule has 0 aliphatic carbocycles. The maximum absolute atomic E-state index is 12.5. The molecule has 0 radical (unpaired) electrons. The predicted octanol–water partition coefficient (Wildman–Crippen LogP) is 2.45. The summed E-state index contributed by atoms with van der Waals surface area (Å²) in [5.74, 6) is 0.357. The van der Waals surface area contributed by atoms with E-state index in [2.05, 4.69) is 17.2 Å². The largest absolute Gasteiger partial charge is 0.380 e. The second-order valence-corrected chi connectivity index (χ2v) is 3.25. The molecule has 4 heteroatoms. The molecule has 84 valence electrons. The molecule has 0 saturated heterocycles. The highest BCUT2D eigenvalue weighted by molar-refractivity contribution is 5.33. The molecule has 1 aromatic rings. The summed E-state index contributed by atoms with van der Waals surface area (Å²) in [5.41, 5.74) is 0. The van der Waals surface area contributed by atoms with Crippen LogP contribution in [0.2, 0.25) is 0 Å². The molecule has 0 amide bonds. The molecule has 1 rings (SSSR count). The fourth-order valence-electron chi connectivity index (χ4n) is 1.08. The lowest BCUT2D eigenvalue weighted by Gasteiger charge is -2.05. The van der Waals surface area contributed by atoms with Crippen molar-refractivity contribution in [1.82, 2.24) is 4.98 Å². The van der Waals surface area contributed by atoms with E-state index in [1.54, 1.807) is 6.07 Å². The maximum atomic E-state index is 12.5. The van der Waals surface area contributed by atoms with Gasteiger partial charge >= 0.3 is 0 Å². The summed E-state index contributed by atoms with van der Waals surface area (Å²) in [6.45, 7) is 4.28. The van der Waals surface area contributed by atoms with Gasteiger partial charge in [0.25, 0.3) is 0 Å². The van der Waals surface area contributed by atoms with Crippen molar-refractivity contribution in [2.45, 2.75) is 19.8 Å². The number of nitrogens with one attached hydrogen (secondary N) is 1. The number of hydrogen-bond donors (Lipinski definition) is 1. The van der Waals surface area contributed by atoms with Crippen molar-refractivity contribution in [3.8, 4) is 0 Å². The summed E-state index contributed by atoms with van der Waals surface area (Å²) in [4.78, 5) is 3.87. The molecule has 0 aromatic carbocycles. The zero-order valence-electron chi connectivity index (χ0n) is 9.00. The summed E-state index contributed by atoms with van der Waals surface area (Å²) in [6, 6.07) is 2.99. The Hall–Kier alpha value is -1.16. The van der Waals surface area contributed by atoms with Gasteiger partial charge in [0.15, 0.2) is 0 Å². The van der Waals surface area contributed by atoms with E-state index in [1.807, 2.05) is 0 Å². The molecule has 1 N–H and O–H groups in total. The van der Waals surface area contributed by atoms with Gasteiger partial charge in [-0.1, -0.05) is 13.3 Å². The summed E-state index contributed by atoms with van der Waals surface area (Å²) in [7, 11) is 0. The minimum Gasteiger partial charge on any atom is -0.380 e. The molecule has 0 fully saturated rings. The Morgan fingerprint density at radius 1 is 1.40 bits per heavy atom. The van der Waals surface area contributed by atoms with Crippen LogP contribution in [-0.4, -0.2) is 24.7 Å². The highest BCUT2D eigenvalue weighted by atomic mass is 19.1. The van der Waals surface area contributed by atoms with Crippen molar-refractivity contribution in [2.24, 2.45) is 0 Å². The van der Waals surface area contributed by atoms with Gasteiger partial charge in [0.05, 0.1) is 12.8 Å². The van der Waals surface area contributed by atoms with Gasteiger partial charge in [0.2, 0.25) is 0 Å². The van der Waals surface area contributed by atoms with Gasteiger partial charge in [-0.3, -0.25) is 0 Å². The summed E-state index contributed by atoms with van der Waals surface area (Å²) in [5, 5.41) is 3.05. The SMILES string of the molecule is CCCCOCCNc1ccc(F)cn1. The Morgan fingerprint density at radius 3 is 2.93 bits per heavy atom. The zero-order chi connectivity index (χ0) is 10.9. The zero-order valence-corrected chi connectivity index (χ0v) is 9.00. The molecular weight excluding hydrogens is 195 g/mol. The number of ether oxygens (including phenoxy) is 1. The van der Waals surface area contributed by atoms with E-state index in [-0.39, 0.29) is 5.82 Å². The van der Waals surface area contributed by atoms with Crippen LogP contribution in [0.1, 0.15) is 19.8 Å². The van der Waals surface area contributed by atoms with E-state index in [0.717, 1.165) is 19.4 Å². The van der Waals surface area contributed by atoms with E-state index in [4.69, 9.17) is 4.74 Å². The normalized spacial score (nSPS) is 10.3. The molecule has 0 aliphatic heterocycles. The smallest absolute Gasteiger partial charge is 0.141 e. The summed E-state index contributed by atoms with van der Waals surface area (Å²) < 4.78 is 17.9. The van der Waals surface area contributed by atoms with Gasteiger partial charge in [-0.15, -0.1) is 0 Å². The lowest BCUT2D eigenvalue weighted by molar-refractivity contribution is 0.141. The molecule has 0 atom stereocenters. The molecule has 1 heterocycles. The lowest BCUT2D eigenvalue weighted by atomic mass is 10.4. The third-order valence-electron chi connectivity index (χ3n) is 1.92. The van der Waals surface area contributed by atoms with Crippen LogP contribution in [0, 0.1) is 5.82 Å². The van der Waals surface area contributed by atoms with Gasteiger partial charge < -0.3 is 10.1 Å². The Balaban J connectivity index is 2.07. The van der Waals surface area contributed by atoms with E-state index >= 15 is 0 Å². The Morgan fingerprint density at radius 2 is 2.27 bits per heavy atom. The van der Waals surface area contributed by atoms with E-state index < -0.39 is 0 Å². The Bertz CT molecular complexity index is 264. The predicted molar refractivity (Wildman–Crippen MR) is 58.4 cm³/mol. The van der Waals surface area contributed by atoms with Crippen molar-refractivity contribution in [3.63, 3.8) is 0 Å². The van der Waals surface area contributed by atoms with Crippen LogP contribution < -0.4 is 5.32 Å². The Labute approximate surface area is 89.7 Å². The quantitative estimate of drug-likeness (QED) is 0.705. The van der Waals surface area contributed by atoms with Crippen LogP contribution in [0.5, 0.6) is 0 Å². The van der Waals surface area contributed by atoms with Crippen LogP contribution in [0.15, 0.2) is 18.3 Å². The van der Waals surface area contributed by atoms with Gasteiger partial charge in [0.1, 0.15) is 11.6 Å². The first-order valence-corrected chi connectivity index (χ1v) is 5.26. The van der Waals surface area contributed by atoms with Crippen LogP contribution in [0.25, 0.3) is 0 Å². The molecule has 15 heavy (non-hydrogen) atoms. The highest BCUT2D eigenvalue weighted by Gasteiger charge is 1.93. The second-order valence-electron chi connectivity index (χ2n) is 3.25. The molecule has 3 nitrogen and oxygen atoms in total. The first-order chi connectivity index (χ1) is 7.33. The minimum absolute atomic E-state index is 0.320. The first kappa shape index (κ1) is 11.9. The summed E-state index contributed by atoms with van der Waals surface area (Å²) >= 11 is 0. The average molecular weight is 212 g/mol. The number of rotatable bonds is 7. The van der Waals surface area contributed by atoms with E-state index in [1.165, 1.54) is 12.3 Å². The fourth-order valence-corrected chi connectivity index (χ4v) is 1.08. The van der Waals surface area contributed by atoms with E-state index in [9.17, 15) is 4.39 Å². The third kappa shape index (κ3) is 5.32. The summed E-state index contributed by atoms with van der Waals surface area (Å²) in [6.07, 6.45) is 3.43. The highest BCUT2D eigenvalue weighted by Crippen LogP contribution is 2.02. The number of anilines is 1. The molecule has 0 bridgehead atoms. The van der Waals surface area contributed by atoms with Crippen molar-refractivity contribution < 1.29 is 9.13 Å². The van der Waals surface area contributed by atoms with Gasteiger partial charge in [0, 0.05) is 13.2 Å². The number of unbranched alkanes of at least 4 members (excludes halogenated alkanes) is 1. The minimum atomic E-state index is -0.320. The molecule has 0 spiro atoms. The number of nitrogens with zero attached hydrogens (tertiary/aromatic N) is 1. The fraction of sp³-hybridized carbons (Fsp3) is 0.545. The average Bonchev–Trinajstić information content (AvgIpc) is 2.26. The number of hydrogen-bond acceptors (Lipinski definition) is 3. The van der Waals surface area contributed by atoms with Crippen molar-refractivity contribution in [3.05, 3.63) is 24.1 Å². The molecule has 0 unspecified atom stereocenters. The van der Waals surface area contributed by atoms with Gasteiger partial charge in [-0.2, -0.15) is 0 Å². The number of pyridine rings is 1. The van der Waals surface area contributed by atoms with Crippen molar-refractivity contribution in [2.75, 3.05) is 25.1 Å². The maximum Gasteiger partial charge on any atom is 0.141 e. The topological polar surface area (TPSA) is 34.1 Å². The van der Waals surface area contributed by atoms with Crippen LogP contribution in [0.4, 0.5) is 10.2 Å². The third-order valence-corrected chi connectivity index (χ3v) is 1.92. The standard InChI is InChI=1S/C11H17FN2O/c1-2-3-7-15-8-6-13-11-5-4-10(12)9-14-11/h4-5,9H,2-3,6-8H2,1H3,(H,13,14). The van der Waals surface area contributed by atoms with Gasteiger partial charge in [-0.25, -0.2) is 9.37 Å². The molecule has 1 aromatic heterocycles. The van der Waals surface area contributed by atoms with Crippen LogP contribution in [0.3, 0.4) is 0 Å². The lowest BCUT2D eigenvalue weighted by Crippen LogP contribution is -2.10. The number of halogens is 1. The monoisotopic (exact) mass is 212 g/mol. The molecule has 0 saturated carbocycles. The van der Waals surface area contributed by atoms with Crippen molar-refractivity contribution >= 4 is 5.82 Å². The van der Waals surface area contributed by atoms with E-state index in [0.29, 0.717) is 19.0 Å². The molecule has 0 aliphatic rings. The van der Waals surface area contributed by atoms with Crippen LogP contribution >= 0.6 is 0 Å².